The number of rotatable bonds is 9. The monoisotopic (exact) mass is 654 g/mol. The van der Waals surface area contributed by atoms with E-state index in [1.165, 1.54) is 0 Å². The van der Waals surface area contributed by atoms with Crippen LogP contribution in [0.2, 0.25) is 0 Å². The van der Waals surface area contributed by atoms with Gasteiger partial charge in [0.15, 0.2) is 0 Å². The third-order valence-corrected chi connectivity index (χ3v) is 10.4. The van der Waals surface area contributed by atoms with Crippen LogP contribution >= 0.6 is 0 Å². The van der Waals surface area contributed by atoms with Crippen LogP contribution < -0.4 is 11.1 Å². The molecule has 3 fully saturated rings. The minimum absolute atomic E-state index is 0.136. The van der Waals surface area contributed by atoms with E-state index in [0.29, 0.717) is 37.8 Å². The highest BCUT2D eigenvalue weighted by molar-refractivity contribution is 5.96. The molecule has 2 unspecified atom stereocenters. The van der Waals surface area contributed by atoms with Crippen LogP contribution in [0.15, 0.2) is 30.3 Å². The Labute approximate surface area is 276 Å². The van der Waals surface area contributed by atoms with Crippen LogP contribution in [0.3, 0.4) is 0 Å². The summed E-state index contributed by atoms with van der Waals surface area (Å²) in [6, 6.07) is 7.92. The summed E-state index contributed by atoms with van der Waals surface area (Å²) < 4.78 is 26.8. The molecule has 2 aliphatic carbocycles. The van der Waals surface area contributed by atoms with Crippen LogP contribution in [0.25, 0.3) is 10.9 Å². The van der Waals surface area contributed by atoms with Crippen LogP contribution in [0.4, 0.5) is 9.18 Å². The third kappa shape index (κ3) is 7.59. The molecule has 3 aliphatic rings. The van der Waals surface area contributed by atoms with Gasteiger partial charge in [-0.2, -0.15) is 0 Å². The molecule has 5 rings (SSSR count). The molecule has 1 aliphatic heterocycles. The highest BCUT2D eigenvalue weighted by atomic mass is 19.1. The van der Waals surface area contributed by atoms with Gasteiger partial charge in [0.25, 0.3) is 0 Å². The second kappa shape index (κ2) is 14.6. The number of amides is 3. The highest BCUT2D eigenvalue weighted by Gasteiger charge is 2.52. The molecule has 1 aromatic heterocycles. The second-order valence-corrected chi connectivity index (χ2v) is 14.6. The lowest BCUT2D eigenvalue weighted by Gasteiger charge is -2.38. The fourth-order valence-corrected chi connectivity index (χ4v) is 8.33. The number of likely N-dealkylation sites (tertiary alicyclic amines) is 1. The largest absolute Gasteiger partial charge is 0.461 e. The Morgan fingerprint density at radius 3 is 2.32 bits per heavy atom. The number of esters is 1. The molecule has 47 heavy (non-hydrogen) atoms. The maximum atomic E-state index is 14.7. The predicted molar refractivity (Wildman–Crippen MR) is 176 cm³/mol. The molecule has 11 heteroatoms. The number of hydrogen-bond donors (Lipinski definition) is 2. The van der Waals surface area contributed by atoms with Gasteiger partial charge in [0.1, 0.15) is 30.2 Å². The average molecular weight is 655 g/mol. The van der Waals surface area contributed by atoms with Crippen molar-refractivity contribution in [1.82, 2.24) is 14.8 Å². The Kier molecular flexibility index (Phi) is 10.8. The molecule has 4 atom stereocenters. The van der Waals surface area contributed by atoms with Gasteiger partial charge >= 0.3 is 12.1 Å². The fraction of sp³-hybridized carbons (Fsp3) is 0.667. The van der Waals surface area contributed by atoms with Crippen LogP contribution in [0.1, 0.15) is 109 Å². The van der Waals surface area contributed by atoms with E-state index in [2.05, 4.69) is 5.32 Å². The van der Waals surface area contributed by atoms with Crippen molar-refractivity contribution < 1.29 is 33.0 Å². The van der Waals surface area contributed by atoms with E-state index in [1.807, 2.05) is 28.8 Å². The van der Waals surface area contributed by atoms with E-state index in [4.69, 9.17) is 15.2 Å². The lowest BCUT2D eigenvalue weighted by molar-refractivity contribution is -0.146. The summed E-state index contributed by atoms with van der Waals surface area (Å²) >= 11 is 0. The average Bonchev–Trinajstić information content (AvgIpc) is 3.62. The molecular weight excluding hydrogens is 603 g/mol. The van der Waals surface area contributed by atoms with Gasteiger partial charge in [0.2, 0.25) is 11.8 Å². The summed E-state index contributed by atoms with van der Waals surface area (Å²) in [4.78, 5) is 55.5. The van der Waals surface area contributed by atoms with Crippen molar-refractivity contribution in [2.45, 2.75) is 116 Å². The zero-order chi connectivity index (χ0) is 33.9. The molecule has 1 saturated heterocycles. The molecule has 2 aromatic rings. The van der Waals surface area contributed by atoms with Crippen molar-refractivity contribution in [3.05, 3.63) is 36.0 Å². The number of nitrogens with zero attached hydrogens (tertiary/aromatic N) is 2. The molecule has 10 nitrogen and oxygen atoms in total. The normalized spacial score (nSPS) is 26.1. The molecule has 2 heterocycles. The number of fused-ring (bicyclic) bond motifs is 1. The highest BCUT2D eigenvalue weighted by Crippen LogP contribution is 2.48. The molecule has 3 N–H and O–H groups in total. The van der Waals surface area contributed by atoms with Gasteiger partial charge in [-0.05, 0) is 89.7 Å². The number of alkyl carbamates (subject to hydrolysis) is 1. The number of para-hydroxylation sites is 1. The maximum Gasteiger partial charge on any atom is 0.407 e. The van der Waals surface area contributed by atoms with Crippen molar-refractivity contribution in [2.24, 2.45) is 29.4 Å². The Balaban J connectivity index is 1.45. The number of hydrogen-bond acceptors (Lipinski definition) is 6. The number of benzene rings is 1. The number of primary amides is 1. The van der Waals surface area contributed by atoms with Gasteiger partial charge in [-0.1, -0.05) is 50.3 Å². The van der Waals surface area contributed by atoms with Gasteiger partial charge < -0.3 is 30.0 Å². The van der Waals surface area contributed by atoms with E-state index in [0.717, 1.165) is 43.0 Å². The lowest BCUT2D eigenvalue weighted by Crippen LogP contribution is -2.52. The third-order valence-electron chi connectivity index (χ3n) is 10.4. The van der Waals surface area contributed by atoms with Gasteiger partial charge in [0, 0.05) is 11.3 Å². The molecule has 0 bridgehead atoms. The number of aromatic nitrogens is 1. The summed E-state index contributed by atoms with van der Waals surface area (Å²) in [5.74, 6) is -1.63. The van der Waals surface area contributed by atoms with E-state index < -0.39 is 54.4 Å². The van der Waals surface area contributed by atoms with Gasteiger partial charge in [-0.3, -0.25) is 9.59 Å². The second-order valence-electron chi connectivity index (χ2n) is 14.6. The van der Waals surface area contributed by atoms with E-state index in [-0.39, 0.29) is 30.3 Å². The first-order valence-electron chi connectivity index (χ1n) is 17.4. The predicted octanol–water partition coefficient (Wildman–Crippen LogP) is 6.27. The molecule has 1 aromatic carbocycles. The number of nitrogens with one attached hydrogen (secondary N) is 1. The first-order chi connectivity index (χ1) is 22.4. The zero-order valence-corrected chi connectivity index (χ0v) is 28.2. The fourth-order valence-electron chi connectivity index (χ4n) is 8.33. The molecule has 3 amide bonds. The number of ether oxygens (including phenoxy) is 2. The smallest absolute Gasteiger partial charge is 0.407 e. The summed E-state index contributed by atoms with van der Waals surface area (Å²) in [5.41, 5.74) is 6.59. The van der Waals surface area contributed by atoms with Crippen LogP contribution in [0.5, 0.6) is 0 Å². The van der Waals surface area contributed by atoms with Gasteiger partial charge in [-0.25, -0.2) is 14.0 Å². The molecule has 2 saturated carbocycles. The molecule has 0 spiro atoms. The number of nitrogens with two attached hydrogens (primary N) is 1. The summed E-state index contributed by atoms with van der Waals surface area (Å²) in [6.07, 6.45) is 6.52. The standard InChI is InChI=1S/C36H51FN4O6/c1-5-46-34(44)29-19-25-13-9-10-14-28(25)40(29)30-20-26(22-11-7-6-8-12-22)31(32(38)42)41(30)33(43)24-17-15-23(16-18-24)27(21-37)39-35(45)47-36(2,3)4/h9-10,13-14,19,22-24,26-27,30-31H,5-8,11-12,15-18,20-21H2,1-4H3,(H2,38,42)(H,39,45)/t23-,24-,26-,27?,30?,31-/m0/s1. The van der Waals surface area contributed by atoms with Gasteiger partial charge in [0.05, 0.1) is 18.2 Å². The van der Waals surface area contributed by atoms with Crippen molar-refractivity contribution in [3.8, 4) is 0 Å². The summed E-state index contributed by atoms with van der Waals surface area (Å²) in [6.45, 7) is 6.48. The Bertz CT molecular complexity index is 1440. The minimum Gasteiger partial charge on any atom is -0.461 e. The summed E-state index contributed by atoms with van der Waals surface area (Å²) in [5, 5.41) is 3.53. The zero-order valence-electron chi connectivity index (χ0n) is 28.2. The van der Waals surface area contributed by atoms with Crippen LogP contribution in [-0.2, 0) is 19.1 Å². The first kappa shape index (κ1) is 34.7. The van der Waals surface area contributed by atoms with Crippen LogP contribution in [-0.4, -0.2) is 64.3 Å². The van der Waals surface area contributed by atoms with E-state index >= 15 is 0 Å². The Morgan fingerprint density at radius 2 is 1.70 bits per heavy atom. The van der Waals surface area contributed by atoms with E-state index in [1.54, 1.807) is 38.7 Å². The topological polar surface area (TPSA) is 133 Å². The van der Waals surface area contributed by atoms with Crippen molar-refractivity contribution >= 4 is 34.8 Å². The Hall–Kier alpha value is -3.63. The lowest BCUT2D eigenvalue weighted by atomic mass is 9.76. The number of carbonyl (C=O) groups is 4. The summed E-state index contributed by atoms with van der Waals surface area (Å²) in [7, 11) is 0. The van der Waals surface area contributed by atoms with Crippen molar-refractivity contribution in [2.75, 3.05) is 13.3 Å². The number of alkyl halides is 1. The quantitative estimate of drug-likeness (QED) is 0.307. The first-order valence-corrected chi connectivity index (χ1v) is 17.4. The maximum absolute atomic E-state index is 14.7. The van der Waals surface area contributed by atoms with Crippen LogP contribution in [0, 0.1) is 23.7 Å². The molecule has 0 radical (unpaired) electrons. The minimum atomic E-state index is -0.808. The SMILES string of the molecule is CCOC(=O)c1cc2ccccc2n1C1C[C@@H](C2CCCCC2)[C@@H](C(N)=O)N1C(=O)[C@H]1CC[C@H](C(CF)NC(=O)OC(C)(C)C)CC1. The molecular formula is C36H51FN4O6. The Morgan fingerprint density at radius 1 is 1.02 bits per heavy atom. The number of carbonyl (C=O) groups excluding carboxylic acids is 4. The van der Waals surface area contributed by atoms with E-state index in [9.17, 15) is 23.6 Å². The molecule has 258 valence electrons. The van der Waals surface area contributed by atoms with Crippen molar-refractivity contribution in [1.29, 1.82) is 0 Å². The number of halogens is 1. The van der Waals surface area contributed by atoms with Crippen molar-refractivity contribution in [3.63, 3.8) is 0 Å². The van der Waals surface area contributed by atoms with Gasteiger partial charge in [-0.15, -0.1) is 0 Å².